The third-order valence-electron chi connectivity index (χ3n) is 2.77. The van der Waals surface area contributed by atoms with Crippen molar-refractivity contribution in [3.8, 4) is 0 Å². The van der Waals surface area contributed by atoms with Gasteiger partial charge in [-0.2, -0.15) is 4.39 Å². The second-order valence-corrected chi connectivity index (χ2v) is 3.92. The molecule has 1 aliphatic rings. The number of aromatic nitrogens is 1. The topological polar surface area (TPSA) is 16.1 Å². The second kappa shape index (κ2) is 4.05. The summed E-state index contributed by atoms with van der Waals surface area (Å²) in [4.78, 5) is 6.14. The van der Waals surface area contributed by atoms with E-state index in [9.17, 15) is 4.39 Å². The Morgan fingerprint density at radius 1 is 1.50 bits per heavy atom. The standard InChI is InChI=1S/C11H15FN2/c1-2-9-6-14(7-9)8-10-4-3-5-11(12)13-10/h3-5,9H,2,6-8H2,1H3. The molecule has 1 aromatic rings. The zero-order valence-corrected chi connectivity index (χ0v) is 8.41. The molecule has 1 aromatic heterocycles. The van der Waals surface area contributed by atoms with E-state index in [4.69, 9.17) is 0 Å². The van der Waals surface area contributed by atoms with Crippen LogP contribution >= 0.6 is 0 Å². The van der Waals surface area contributed by atoms with Gasteiger partial charge in [0.25, 0.3) is 0 Å². The molecule has 0 atom stereocenters. The number of pyridine rings is 1. The molecule has 76 valence electrons. The number of halogens is 1. The lowest BCUT2D eigenvalue weighted by Crippen LogP contribution is -2.45. The van der Waals surface area contributed by atoms with Gasteiger partial charge in [0, 0.05) is 19.6 Å². The van der Waals surface area contributed by atoms with Gasteiger partial charge in [-0.05, 0) is 18.1 Å². The molecule has 0 spiro atoms. The van der Waals surface area contributed by atoms with Gasteiger partial charge < -0.3 is 0 Å². The number of hydrogen-bond acceptors (Lipinski definition) is 2. The van der Waals surface area contributed by atoms with Crippen LogP contribution in [0.3, 0.4) is 0 Å². The fourth-order valence-electron chi connectivity index (χ4n) is 1.83. The van der Waals surface area contributed by atoms with E-state index >= 15 is 0 Å². The fraction of sp³-hybridized carbons (Fsp3) is 0.545. The number of rotatable bonds is 3. The first kappa shape index (κ1) is 9.59. The molecule has 1 aliphatic heterocycles. The third kappa shape index (κ3) is 2.10. The first-order valence-electron chi connectivity index (χ1n) is 5.11. The molecule has 0 unspecified atom stereocenters. The minimum atomic E-state index is -0.380. The molecule has 0 N–H and O–H groups in total. The summed E-state index contributed by atoms with van der Waals surface area (Å²) in [7, 11) is 0. The lowest BCUT2D eigenvalue weighted by Gasteiger charge is -2.38. The van der Waals surface area contributed by atoms with Gasteiger partial charge in [-0.3, -0.25) is 4.90 Å². The van der Waals surface area contributed by atoms with Crippen LogP contribution in [0, 0.1) is 11.9 Å². The van der Waals surface area contributed by atoms with E-state index in [-0.39, 0.29) is 5.95 Å². The summed E-state index contributed by atoms with van der Waals surface area (Å²) in [5.74, 6) is 0.457. The van der Waals surface area contributed by atoms with E-state index in [2.05, 4.69) is 16.8 Å². The van der Waals surface area contributed by atoms with Gasteiger partial charge in [0.2, 0.25) is 5.95 Å². The van der Waals surface area contributed by atoms with Gasteiger partial charge in [0.05, 0.1) is 5.69 Å². The second-order valence-electron chi connectivity index (χ2n) is 3.92. The van der Waals surface area contributed by atoms with Crippen LogP contribution < -0.4 is 0 Å². The van der Waals surface area contributed by atoms with Crippen molar-refractivity contribution >= 4 is 0 Å². The predicted octanol–water partition coefficient (Wildman–Crippen LogP) is 2.06. The maximum Gasteiger partial charge on any atom is 0.213 e. The highest BCUT2D eigenvalue weighted by molar-refractivity contribution is 5.05. The normalized spacial score (nSPS) is 18.1. The van der Waals surface area contributed by atoms with Gasteiger partial charge in [0.15, 0.2) is 0 Å². The molecule has 0 amide bonds. The highest BCUT2D eigenvalue weighted by atomic mass is 19.1. The van der Waals surface area contributed by atoms with Crippen LogP contribution in [0.25, 0.3) is 0 Å². The average Bonchev–Trinajstić information content (AvgIpc) is 2.10. The Morgan fingerprint density at radius 2 is 2.29 bits per heavy atom. The van der Waals surface area contributed by atoms with Crippen molar-refractivity contribution in [2.24, 2.45) is 5.92 Å². The Kier molecular flexibility index (Phi) is 2.77. The molecular weight excluding hydrogens is 179 g/mol. The van der Waals surface area contributed by atoms with Crippen LogP contribution in [-0.4, -0.2) is 23.0 Å². The van der Waals surface area contributed by atoms with Gasteiger partial charge in [-0.15, -0.1) is 0 Å². The van der Waals surface area contributed by atoms with Crippen LogP contribution in [0.2, 0.25) is 0 Å². The Hall–Kier alpha value is -0.960. The highest BCUT2D eigenvalue weighted by Crippen LogP contribution is 2.20. The zero-order chi connectivity index (χ0) is 9.97. The van der Waals surface area contributed by atoms with Crippen molar-refractivity contribution in [1.82, 2.24) is 9.88 Å². The van der Waals surface area contributed by atoms with E-state index in [1.54, 1.807) is 6.07 Å². The summed E-state index contributed by atoms with van der Waals surface area (Å²) in [5, 5.41) is 0. The number of nitrogens with zero attached hydrogens (tertiary/aromatic N) is 2. The smallest absolute Gasteiger partial charge is 0.213 e. The summed E-state index contributed by atoms with van der Waals surface area (Å²) in [6.07, 6.45) is 1.24. The maximum absolute atomic E-state index is 12.8. The minimum Gasteiger partial charge on any atom is -0.297 e. The van der Waals surface area contributed by atoms with Crippen LogP contribution in [0.15, 0.2) is 18.2 Å². The summed E-state index contributed by atoms with van der Waals surface area (Å²) in [6.45, 7) is 5.26. The molecule has 0 bridgehead atoms. The van der Waals surface area contributed by atoms with E-state index in [1.165, 1.54) is 12.5 Å². The largest absolute Gasteiger partial charge is 0.297 e. The van der Waals surface area contributed by atoms with Crippen molar-refractivity contribution in [2.45, 2.75) is 19.9 Å². The summed E-state index contributed by atoms with van der Waals surface area (Å²) < 4.78 is 12.8. The van der Waals surface area contributed by atoms with Crippen molar-refractivity contribution < 1.29 is 4.39 Å². The van der Waals surface area contributed by atoms with Crippen molar-refractivity contribution in [1.29, 1.82) is 0 Å². The average molecular weight is 194 g/mol. The van der Waals surface area contributed by atoms with Crippen molar-refractivity contribution in [2.75, 3.05) is 13.1 Å². The Bertz CT molecular complexity index is 308. The first-order valence-corrected chi connectivity index (χ1v) is 5.11. The molecule has 0 aromatic carbocycles. The molecule has 2 nitrogen and oxygen atoms in total. The SMILES string of the molecule is CCC1CN(Cc2cccc(F)n2)C1. The molecule has 0 saturated carbocycles. The van der Waals surface area contributed by atoms with Gasteiger partial charge >= 0.3 is 0 Å². The zero-order valence-electron chi connectivity index (χ0n) is 8.41. The molecule has 1 fully saturated rings. The highest BCUT2D eigenvalue weighted by Gasteiger charge is 2.24. The molecule has 0 radical (unpaired) electrons. The van der Waals surface area contributed by atoms with Crippen LogP contribution in [0.1, 0.15) is 19.0 Å². The summed E-state index contributed by atoms with van der Waals surface area (Å²) in [5.41, 5.74) is 0.833. The van der Waals surface area contributed by atoms with E-state index in [1.807, 2.05) is 6.07 Å². The lowest BCUT2D eigenvalue weighted by atomic mass is 9.97. The van der Waals surface area contributed by atoms with Crippen LogP contribution in [0.5, 0.6) is 0 Å². The number of likely N-dealkylation sites (tertiary alicyclic amines) is 1. The molecule has 14 heavy (non-hydrogen) atoms. The van der Waals surface area contributed by atoms with Gasteiger partial charge in [-0.1, -0.05) is 19.4 Å². The van der Waals surface area contributed by atoms with Crippen LogP contribution in [0.4, 0.5) is 4.39 Å². The van der Waals surface area contributed by atoms with Gasteiger partial charge in [0.1, 0.15) is 0 Å². The predicted molar refractivity (Wildman–Crippen MR) is 53.3 cm³/mol. The Balaban J connectivity index is 1.87. The van der Waals surface area contributed by atoms with Crippen LogP contribution in [-0.2, 0) is 6.54 Å². The summed E-state index contributed by atoms with van der Waals surface area (Å²) in [6, 6.07) is 4.98. The number of hydrogen-bond donors (Lipinski definition) is 0. The van der Waals surface area contributed by atoms with Crippen molar-refractivity contribution in [3.05, 3.63) is 29.8 Å². The monoisotopic (exact) mass is 194 g/mol. The molecule has 1 saturated heterocycles. The Morgan fingerprint density at radius 3 is 2.93 bits per heavy atom. The van der Waals surface area contributed by atoms with Crippen molar-refractivity contribution in [3.63, 3.8) is 0 Å². The first-order chi connectivity index (χ1) is 6.78. The lowest BCUT2D eigenvalue weighted by molar-refractivity contribution is 0.0882. The quantitative estimate of drug-likeness (QED) is 0.685. The molecule has 3 heteroatoms. The molecular formula is C11H15FN2. The van der Waals surface area contributed by atoms with Gasteiger partial charge in [-0.25, -0.2) is 4.98 Å². The Labute approximate surface area is 83.8 Å². The maximum atomic E-state index is 12.8. The summed E-state index contributed by atoms with van der Waals surface area (Å²) >= 11 is 0. The van der Waals surface area contributed by atoms with E-state index in [0.29, 0.717) is 0 Å². The third-order valence-corrected chi connectivity index (χ3v) is 2.77. The van der Waals surface area contributed by atoms with E-state index < -0.39 is 0 Å². The minimum absolute atomic E-state index is 0.380. The fourth-order valence-corrected chi connectivity index (χ4v) is 1.83. The van der Waals surface area contributed by atoms with E-state index in [0.717, 1.165) is 31.2 Å². The molecule has 0 aliphatic carbocycles. The molecule has 2 rings (SSSR count). The molecule has 2 heterocycles.